The third kappa shape index (κ3) is 3.88. The first-order chi connectivity index (χ1) is 17.7. The Morgan fingerprint density at radius 3 is 1.36 bits per heavy atom. The van der Waals surface area contributed by atoms with Crippen molar-refractivity contribution < 1.29 is 5.11 Å². The standard InChI is InChI=1S/C32H25N3O/c36-32(26-14-6-2-7-15-26,27-16-8-3-9-17-27)28-22-20-25(21-23-28)31(24-12-4-1-5-13-24)35-33-29-18-10-11-19-30(29)34-35/h1-23,31,36H. The number of aromatic nitrogens is 3. The third-order valence-electron chi connectivity index (χ3n) is 6.68. The fourth-order valence-electron chi connectivity index (χ4n) is 4.85. The zero-order valence-corrected chi connectivity index (χ0v) is 19.6. The predicted molar refractivity (Wildman–Crippen MR) is 143 cm³/mol. The lowest BCUT2D eigenvalue weighted by molar-refractivity contribution is 0.125. The van der Waals surface area contributed by atoms with Crippen LogP contribution in [0.3, 0.4) is 0 Å². The van der Waals surface area contributed by atoms with Gasteiger partial charge in [0, 0.05) is 0 Å². The minimum absolute atomic E-state index is 0.200. The number of fused-ring (bicyclic) bond motifs is 1. The maximum absolute atomic E-state index is 12.2. The van der Waals surface area contributed by atoms with Crippen LogP contribution in [0.2, 0.25) is 0 Å². The molecule has 0 saturated heterocycles. The summed E-state index contributed by atoms with van der Waals surface area (Å²) < 4.78 is 0. The van der Waals surface area contributed by atoms with E-state index in [0.29, 0.717) is 0 Å². The molecule has 4 nitrogen and oxygen atoms in total. The second-order valence-corrected chi connectivity index (χ2v) is 8.89. The SMILES string of the molecule is OC(c1ccccc1)(c1ccccc1)c1ccc(C(c2ccccc2)n2nc3ccccc3n2)cc1. The van der Waals surface area contributed by atoms with Crippen molar-refractivity contribution in [3.05, 3.63) is 167 Å². The van der Waals surface area contributed by atoms with Gasteiger partial charge in [-0.15, -0.1) is 0 Å². The second-order valence-electron chi connectivity index (χ2n) is 8.89. The van der Waals surface area contributed by atoms with Crippen LogP contribution >= 0.6 is 0 Å². The molecule has 1 aromatic heterocycles. The highest BCUT2D eigenvalue weighted by atomic mass is 16.3. The molecule has 6 rings (SSSR count). The van der Waals surface area contributed by atoms with E-state index >= 15 is 0 Å². The number of aliphatic hydroxyl groups is 1. The molecule has 0 radical (unpaired) electrons. The van der Waals surface area contributed by atoms with Gasteiger partial charge in [0.2, 0.25) is 0 Å². The first kappa shape index (κ1) is 22.0. The van der Waals surface area contributed by atoms with Gasteiger partial charge in [-0.3, -0.25) is 0 Å². The van der Waals surface area contributed by atoms with Crippen molar-refractivity contribution in [2.45, 2.75) is 11.6 Å². The van der Waals surface area contributed by atoms with Gasteiger partial charge >= 0.3 is 0 Å². The van der Waals surface area contributed by atoms with Gasteiger partial charge in [-0.05, 0) is 39.9 Å². The van der Waals surface area contributed by atoms with Crippen molar-refractivity contribution in [2.75, 3.05) is 0 Å². The van der Waals surface area contributed by atoms with Crippen LogP contribution in [0, 0.1) is 0 Å². The van der Waals surface area contributed by atoms with Crippen LogP contribution < -0.4 is 0 Å². The molecule has 4 heteroatoms. The van der Waals surface area contributed by atoms with Crippen molar-refractivity contribution in [3.8, 4) is 0 Å². The van der Waals surface area contributed by atoms with E-state index in [2.05, 4.69) is 24.3 Å². The minimum atomic E-state index is -1.28. The van der Waals surface area contributed by atoms with Gasteiger partial charge in [0.05, 0.1) is 0 Å². The van der Waals surface area contributed by atoms with E-state index in [4.69, 9.17) is 10.2 Å². The average molecular weight is 468 g/mol. The van der Waals surface area contributed by atoms with Crippen molar-refractivity contribution in [1.82, 2.24) is 15.0 Å². The molecule has 5 aromatic carbocycles. The quantitative estimate of drug-likeness (QED) is 0.290. The van der Waals surface area contributed by atoms with Crippen LogP contribution in [-0.2, 0) is 5.60 Å². The van der Waals surface area contributed by atoms with E-state index in [0.717, 1.165) is 38.9 Å². The van der Waals surface area contributed by atoms with Crippen LogP contribution in [-0.4, -0.2) is 20.1 Å². The summed E-state index contributed by atoms with van der Waals surface area (Å²) in [5.74, 6) is 0. The van der Waals surface area contributed by atoms with Gasteiger partial charge in [0.15, 0.2) is 0 Å². The molecule has 1 heterocycles. The predicted octanol–water partition coefficient (Wildman–Crippen LogP) is 6.35. The maximum atomic E-state index is 12.2. The van der Waals surface area contributed by atoms with Crippen LogP contribution in [0.4, 0.5) is 0 Å². The lowest BCUT2D eigenvalue weighted by Crippen LogP contribution is -2.29. The number of rotatable bonds is 6. The summed E-state index contributed by atoms with van der Waals surface area (Å²) in [4.78, 5) is 1.79. The normalized spacial score (nSPS) is 12.5. The van der Waals surface area contributed by atoms with Gasteiger partial charge < -0.3 is 5.11 Å². The topological polar surface area (TPSA) is 50.9 Å². The fourth-order valence-corrected chi connectivity index (χ4v) is 4.85. The molecule has 0 spiro atoms. The van der Waals surface area contributed by atoms with E-state index in [9.17, 15) is 5.11 Å². The van der Waals surface area contributed by atoms with E-state index in [1.807, 2.05) is 115 Å². The molecular weight excluding hydrogens is 442 g/mol. The Morgan fingerprint density at radius 1 is 0.472 bits per heavy atom. The fraction of sp³-hybridized carbons (Fsp3) is 0.0625. The molecule has 0 aliphatic carbocycles. The third-order valence-corrected chi connectivity index (χ3v) is 6.68. The van der Waals surface area contributed by atoms with Crippen LogP contribution in [0.25, 0.3) is 11.0 Å². The molecule has 0 aliphatic rings. The van der Waals surface area contributed by atoms with Crippen molar-refractivity contribution in [2.24, 2.45) is 0 Å². The second kappa shape index (κ2) is 9.25. The molecule has 0 bridgehead atoms. The Kier molecular flexibility index (Phi) is 5.64. The molecule has 1 N–H and O–H groups in total. The molecule has 6 aromatic rings. The van der Waals surface area contributed by atoms with E-state index in [1.54, 1.807) is 4.80 Å². The number of benzene rings is 5. The number of hydrogen-bond acceptors (Lipinski definition) is 3. The molecule has 0 aliphatic heterocycles. The lowest BCUT2D eigenvalue weighted by atomic mass is 9.80. The summed E-state index contributed by atoms with van der Waals surface area (Å²) in [6, 6.07) is 45.7. The zero-order chi connectivity index (χ0) is 24.4. The number of hydrogen-bond donors (Lipinski definition) is 1. The summed E-state index contributed by atoms with van der Waals surface area (Å²) in [5.41, 5.74) is 5.01. The van der Waals surface area contributed by atoms with Gasteiger partial charge in [-0.2, -0.15) is 15.0 Å². The summed E-state index contributed by atoms with van der Waals surface area (Å²) in [6.07, 6.45) is 0. The highest BCUT2D eigenvalue weighted by Crippen LogP contribution is 2.37. The van der Waals surface area contributed by atoms with E-state index in [1.165, 1.54) is 0 Å². The molecule has 174 valence electrons. The number of nitrogens with zero attached hydrogens (tertiary/aromatic N) is 3. The maximum Gasteiger partial charge on any atom is 0.140 e. The van der Waals surface area contributed by atoms with Gasteiger partial charge in [0.25, 0.3) is 0 Å². The van der Waals surface area contributed by atoms with Crippen molar-refractivity contribution >= 4 is 11.0 Å². The van der Waals surface area contributed by atoms with Gasteiger partial charge in [-0.1, -0.05) is 127 Å². The van der Waals surface area contributed by atoms with Crippen LogP contribution in [0.15, 0.2) is 140 Å². The first-order valence-corrected chi connectivity index (χ1v) is 12.0. The summed E-state index contributed by atoms with van der Waals surface area (Å²) in [5, 5.41) is 21.7. The summed E-state index contributed by atoms with van der Waals surface area (Å²) >= 11 is 0. The highest BCUT2D eigenvalue weighted by Gasteiger charge is 2.34. The minimum Gasteiger partial charge on any atom is -0.376 e. The Morgan fingerprint density at radius 2 is 0.861 bits per heavy atom. The largest absolute Gasteiger partial charge is 0.376 e. The molecule has 0 amide bonds. The monoisotopic (exact) mass is 467 g/mol. The zero-order valence-electron chi connectivity index (χ0n) is 19.6. The average Bonchev–Trinajstić information content (AvgIpc) is 3.38. The molecule has 1 unspecified atom stereocenters. The summed E-state index contributed by atoms with van der Waals surface area (Å²) in [7, 11) is 0. The highest BCUT2D eigenvalue weighted by molar-refractivity contribution is 5.73. The summed E-state index contributed by atoms with van der Waals surface area (Å²) in [6.45, 7) is 0. The molecule has 0 fully saturated rings. The van der Waals surface area contributed by atoms with Crippen LogP contribution in [0.5, 0.6) is 0 Å². The van der Waals surface area contributed by atoms with Crippen molar-refractivity contribution in [3.63, 3.8) is 0 Å². The van der Waals surface area contributed by atoms with Crippen molar-refractivity contribution in [1.29, 1.82) is 0 Å². The van der Waals surface area contributed by atoms with E-state index < -0.39 is 5.60 Å². The lowest BCUT2D eigenvalue weighted by Gasteiger charge is -2.30. The smallest absolute Gasteiger partial charge is 0.140 e. The van der Waals surface area contributed by atoms with Gasteiger partial charge in [-0.25, -0.2) is 0 Å². The molecule has 36 heavy (non-hydrogen) atoms. The Bertz CT molecular complexity index is 1500. The van der Waals surface area contributed by atoms with Gasteiger partial charge in [0.1, 0.15) is 22.7 Å². The Hall–Kier alpha value is -4.54. The Labute approximate surface area is 210 Å². The van der Waals surface area contributed by atoms with Crippen LogP contribution in [0.1, 0.15) is 33.9 Å². The molecule has 1 atom stereocenters. The molecule has 0 saturated carbocycles. The van der Waals surface area contributed by atoms with E-state index in [-0.39, 0.29) is 6.04 Å². The molecular formula is C32H25N3O. The Balaban J connectivity index is 1.47. The first-order valence-electron chi connectivity index (χ1n) is 12.0.